The maximum absolute atomic E-state index is 13.0. The number of rotatable bonds is 3. The molecule has 18 heavy (non-hydrogen) atoms. The van der Waals surface area contributed by atoms with E-state index in [1.54, 1.807) is 18.2 Å². The van der Waals surface area contributed by atoms with Crippen molar-refractivity contribution in [1.82, 2.24) is 0 Å². The molecule has 0 bridgehead atoms. The van der Waals surface area contributed by atoms with Gasteiger partial charge in [0, 0.05) is 9.99 Å². The van der Waals surface area contributed by atoms with Crippen LogP contribution >= 0.6 is 22.6 Å². The summed E-state index contributed by atoms with van der Waals surface area (Å²) >= 11 is 1.99. The maximum atomic E-state index is 13.0. The van der Waals surface area contributed by atoms with Crippen molar-refractivity contribution in [3.63, 3.8) is 0 Å². The molecule has 0 saturated carbocycles. The van der Waals surface area contributed by atoms with E-state index in [0.29, 0.717) is 15.6 Å². The largest absolute Gasteiger partial charge is 0.388 e. The first kappa shape index (κ1) is 13.4. The molecule has 0 aliphatic rings. The highest BCUT2D eigenvalue weighted by molar-refractivity contribution is 14.1. The van der Waals surface area contributed by atoms with Crippen molar-refractivity contribution in [2.75, 3.05) is 0 Å². The molecule has 1 atom stereocenters. The summed E-state index contributed by atoms with van der Waals surface area (Å²) in [5, 5.41) is 10.1. The zero-order chi connectivity index (χ0) is 13.1. The van der Waals surface area contributed by atoms with Gasteiger partial charge in [0.25, 0.3) is 0 Å². The lowest BCUT2D eigenvalue weighted by molar-refractivity contribution is 0.177. The molecule has 1 nitrogen and oxygen atoms in total. The number of hydrogen-bond donors (Lipinski definition) is 1. The molecule has 0 amide bonds. The summed E-state index contributed by atoms with van der Waals surface area (Å²) in [7, 11) is 0. The van der Waals surface area contributed by atoms with E-state index in [4.69, 9.17) is 0 Å². The first-order valence-electron chi connectivity index (χ1n) is 5.44. The molecular weight excluding hydrogens is 349 g/mol. The summed E-state index contributed by atoms with van der Waals surface area (Å²) in [5.41, 5.74) is 1.52. The van der Waals surface area contributed by atoms with Gasteiger partial charge in [0.1, 0.15) is 11.6 Å². The Morgan fingerprint density at radius 2 is 1.61 bits per heavy atom. The van der Waals surface area contributed by atoms with Gasteiger partial charge < -0.3 is 5.11 Å². The topological polar surface area (TPSA) is 20.2 Å². The van der Waals surface area contributed by atoms with Gasteiger partial charge in [0.2, 0.25) is 0 Å². The zero-order valence-corrected chi connectivity index (χ0v) is 11.6. The van der Waals surface area contributed by atoms with Crippen LogP contribution in [0.1, 0.15) is 17.2 Å². The smallest absolute Gasteiger partial charge is 0.124 e. The molecule has 0 radical (unpaired) electrons. The predicted molar refractivity (Wildman–Crippen MR) is 74.2 cm³/mol. The van der Waals surface area contributed by atoms with Gasteiger partial charge >= 0.3 is 0 Å². The maximum Gasteiger partial charge on any atom is 0.124 e. The van der Waals surface area contributed by atoms with Crippen molar-refractivity contribution in [3.8, 4) is 0 Å². The van der Waals surface area contributed by atoms with Crippen LogP contribution in [0.4, 0.5) is 8.78 Å². The van der Waals surface area contributed by atoms with Crippen LogP contribution in [0.2, 0.25) is 0 Å². The van der Waals surface area contributed by atoms with Crippen LogP contribution in [0.3, 0.4) is 0 Å². The van der Waals surface area contributed by atoms with Gasteiger partial charge in [-0.2, -0.15) is 0 Å². The lowest BCUT2D eigenvalue weighted by atomic mass is 10.0. The molecule has 0 heterocycles. The second-order valence-electron chi connectivity index (χ2n) is 4.01. The van der Waals surface area contributed by atoms with Crippen LogP contribution < -0.4 is 0 Å². The van der Waals surface area contributed by atoms with Gasteiger partial charge in [0.15, 0.2) is 0 Å². The Balaban J connectivity index is 2.16. The number of halogens is 3. The van der Waals surface area contributed by atoms with E-state index in [1.807, 2.05) is 22.6 Å². The molecule has 0 spiro atoms. The minimum atomic E-state index is -0.719. The number of aliphatic hydroxyl groups is 1. The summed E-state index contributed by atoms with van der Waals surface area (Å²) in [6.45, 7) is 0. The van der Waals surface area contributed by atoms with Gasteiger partial charge in [0.05, 0.1) is 6.10 Å². The minimum absolute atomic E-state index is 0.301. The van der Waals surface area contributed by atoms with Crippen LogP contribution in [0.5, 0.6) is 0 Å². The van der Waals surface area contributed by atoms with E-state index < -0.39 is 6.10 Å². The van der Waals surface area contributed by atoms with Gasteiger partial charge in [-0.05, 0) is 58.0 Å². The summed E-state index contributed by atoms with van der Waals surface area (Å²) in [4.78, 5) is 0. The molecule has 0 aliphatic carbocycles. The third-order valence-corrected chi connectivity index (χ3v) is 3.60. The average Bonchev–Trinajstić information content (AvgIpc) is 2.32. The Bertz CT molecular complexity index is 540. The van der Waals surface area contributed by atoms with Crippen LogP contribution in [-0.4, -0.2) is 5.11 Å². The summed E-state index contributed by atoms with van der Waals surface area (Å²) in [5.74, 6) is -0.623. The molecule has 1 unspecified atom stereocenters. The fourth-order valence-electron chi connectivity index (χ4n) is 1.73. The molecule has 0 fully saturated rings. The van der Waals surface area contributed by atoms with E-state index in [-0.39, 0.29) is 11.6 Å². The summed E-state index contributed by atoms with van der Waals surface area (Å²) in [6, 6.07) is 10.3. The Hall–Kier alpha value is -1.01. The summed E-state index contributed by atoms with van der Waals surface area (Å²) in [6.07, 6.45) is -0.343. The van der Waals surface area contributed by atoms with Crippen molar-refractivity contribution in [2.45, 2.75) is 12.5 Å². The third kappa shape index (κ3) is 3.26. The lowest BCUT2D eigenvalue weighted by Gasteiger charge is -2.13. The number of benzene rings is 2. The molecule has 2 aromatic carbocycles. The highest BCUT2D eigenvalue weighted by Gasteiger charge is 2.12. The standard InChI is InChI=1S/C14H11F2IO/c15-10-3-1-9(2-4-10)7-14(18)12-6-5-11(16)8-13(12)17/h1-6,8,14,18H,7H2. The van der Waals surface area contributed by atoms with E-state index in [0.717, 1.165) is 5.56 Å². The van der Waals surface area contributed by atoms with Crippen LogP contribution in [-0.2, 0) is 6.42 Å². The SMILES string of the molecule is OC(Cc1ccc(F)cc1)c1ccc(F)cc1I. The monoisotopic (exact) mass is 360 g/mol. The quantitative estimate of drug-likeness (QED) is 0.825. The predicted octanol–water partition coefficient (Wildman–Crippen LogP) is 3.85. The number of aliphatic hydroxyl groups excluding tert-OH is 1. The van der Waals surface area contributed by atoms with Gasteiger partial charge in [-0.15, -0.1) is 0 Å². The molecule has 2 rings (SSSR count). The summed E-state index contributed by atoms with van der Waals surface area (Å²) < 4.78 is 26.4. The average molecular weight is 360 g/mol. The molecular formula is C14H11F2IO. The molecule has 1 N–H and O–H groups in total. The van der Waals surface area contributed by atoms with E-state index >= 15 is 0 Å². The third-order valence-electron chi connectivity index (χ3n) is 2.66. The Morgan fingerprint density at radius 3 is 2.22 bits per heavy atom. The first-order chi connectivity index (χ1) is 8.56. The zero-order valence-electron chi connectivity index (χ0n) is 9.41. The highest BCUT2D eigenvalue weighted by Crippen LogP contribution is 2.24. The van der Waals surface area contributed by atoms with E-state index in [1.165, 1.54) is 24.3 Å². The Morgan fingerprint density at radius 1 is 1.00 bits per heavy atom. The fourth-order valence-corrected chi connectivity index (χ4v) is 2.56. The molecule has 4 heteroatoms. The molecule has 2 aromatic rings. The normalized spacial score (nSPS) is 12.4. The van der Waals surface area contributed by atoms with E-state index in [9.17, 15) is 13.9 Å². The van der Waals surface area contributed by atoms with Gasteiger partial charge in [-0.3, -0.25) is 0 Å². The fraction of sp³-hybridized carbons (Fsp3) is 0.143. The highest BCUT2D eigenvalue weighted by atomic mass is 127. The minimum Gasteiger partial charge on any atom is -0.388 e. The second kappa shape index (κ2) is 5.75. The van der Waals surface area contributed by atoms with Crippen molar-refractivity contribution >= 4 is 22.6 Å². The van der Waals surface area contributed by atoms with E-state index in [2.05, 4.69) is 0 Å². The number of hydrogen-bond acceptors (Lipinski definition) is 1. The Labute approximate surface area is 118 Å². The van der Waals surface area contributed by atoms with Crippen LogP contribution in [0.25, 0.3) is 0 Å². The van der Waals surface area contributed by atoms with Gasteiger partial charge in [-0.1, -0.05) is 18.2 Å². The van der Waals surface area contributed by atoms with Crippen LogP contribution in [0.15, 0.2) is 42.5 Å². The molecule has 0 aliphatic heterocycles. The van der Waals surface area contributed by atoms with Crippen molar-refractivity contribution in [3.05, 3.63) is 68.8 Å². The molecule has 0 aromatic heterocycles. The van der Waals surface area contributed by atoms with Crippen molar-refractivity contribution < 1.29 is 13.9 Å². The first-order valence-corrected chi connectivity index (χ1v) is 6.51. The molecule has 0 saturated heterocycles. The lowest BCUT2D eigenvalue weighted by Crippen LogP contribution is -2.04. The van der Waals surface area contributed by atoms with Crippen molar-refractivity contribution in [2.24, 2.45) is 0 Å². The van der Waals surface area contributed by atoms with Gasteiger partial charge in [-0.25, -0.2) is 8.78 Å². The second-order valence-corrected chi connectivity index (χ2v) is 5.17. The molecule has 94 valence electrons. The van der Waals surface area contributed by atoms with Crippen molar-refractivity contribution in [1.29, 1.82) is 0 Å². The van der Waals surface area contributed by atoms with Crippen LogP contribution in [0, 0.1) is 15.2 Å². The Kier molecular flexibility index (Phi) is 4.29.